The van der Waals surface area contributed by atoms with Crippen LogP contribution in [0.25, 0.3) is 5.57 Å². The highest BCUT2D eigenvalue weighted by Gasteiger charge is 2.20. The summed E-state index contributed by atoms with van der Waals surface area (Å²) >= 11 is 0. The van der Waals surface area contributed by atoms with Crippen molar-refractivity contribution in [3.05, 3.63) is 88.8 Å². The van der Waals surface area contributed by atoms with Gasteiger partial charge in [0.25, 0.3) is 0 Å². The standard InChI is InChI=1S/C22H20FNO/c23-19-11-9-16(10-12-19)22-18(6-1-3-7-20(25)13-14-24)15-17-5-2-4-8-21(17)22/h1-2,4-6,8-12,20,25H,3,7,13,15H2/b6-1+/t20-/m1/s1. The van der Waals surface area contributed by atoms with Gasteiger partial charge in [0.1, 0.15) is 5.82 Å². The molecule has 2 aromatic rings. The predicted octanol–water partition coefficient (Wildman–Crippen LogP) is 4.79. The molecule has 2 aromatic carbocycles. The third kappa shape index (κ3) is 4.04. The van der Waals surface area contributed by atoms with Gasteiger partial charge in [0.05, 0.1) is 18.6 Å². The largest absolute Gasteiger partial charge is 0.392 e. The zero-order valence-corrected chi connectivity index (χ0v) is 14.0. The summed E-state index contributed by atoms with van der Waals surface area (Å²) in [5, 5.41) is 18.2. The van der Waals surface area contributed by atoms with Crippen LogP contribution in [-0.2, 0) is 6.42 Å². The molecule has 1 aliphatic rings. The van der Waals surface area contributed by atoms with Crippen molar-refractivity contribution in [1.82, 2.24) is 0 Å². The maximum Gasteiger partial charge on any atom is 0.123 e. The van der Waals surface area contributed by atoms with E-state index in [0.717, 1.165) is 24.0 Å². The van der Waals surface area contributed by atoms with Crippen molar-refractivity contribution in [2.75, 3.05) is 0 Å². The number of hydrogen-bond donors (Lipinski definition) is 1. The summed E-state index contributed by atoms with van der Waals surface area (Å²) in [6, 6.07) is 16.9. The summed E-state index contributed by atoms with van der Waals surface area (Å²) in [5.74, 6) is -0.237. The van der Waals surface area contributed by atoms with E-state index in [2.05, 4.69) is 18.2 Å². The minimum atomic E-state index is -0.569. The third-order valence-corrected chi connectivity index (χ3v) is 4.43. The number of hydrogen-bond acceptors (Lipinski definition) is 2. The van der Waals surface area contributed by atoms with Crippen molar-refractivity contribution < 1.29 is 9.50 Å². The Morgan fingerprint density at radius 3 is 2.68 bits per heavy atom. The van der Waals surface area contributed by atoms with Gasteiger partial charge in [0.15, 0.2) is 0 Å². The molecule has 0 heterocycles. The lowest BCUT2D eigenvalue weighted by Crippen LogP contribution is -2.03. The first-order chi connectivity index (χ1) is 12.2. The normalized spacial score (nSPS) is 14.6. The summed E-state index contributed by atoms with van der Waals surface area (Å²) < 4.78 is 13.3. The van der Waals surface area contributed by atoms with Gasteiger partial charge in [-0.2, -0.15) is 5.26 Å². The molecule has 126 valence electrons. The summed E-state index contributed by atoms with van der Waals surface area (Å²) in [5.41, 5.74) is 5.81. The molecule has 0 aliphatic heterocycles. The van der Waals surface area contributed by atoms with Crippen molar-refractivity contribution in [2.24, 2.45) is 0 Å². The number of aliphatic hydroxyl groups is 1. The number of rotatable bonds is 6. The molecule has 0 bridgehead atoms. The minimum Gasteiger partial charge on any atom is -0.392 e. The van der Waals surface area contributed by atoms with Crippen molar-refractivity contribution in [1.29, 1.82) is 5.26 Å². The second-order valence-electron chi connectivity index (χ2n) is 6.24. The molecule has 0 fully saturated rings. The van der Waals surface area contributed by atoms with Crippen LogP contribution in [0, 0.1) is 17.1 Å². The van der Waals surface area contributed by atoms with E-state index in [0.29, 0.717) is 6.42 Å². The van der Waals surface area contributed by atoms with Gasteiger partial charge in [0, 0.05) is 0 Å². The van der Waals surface area contributed by atoms with E-state index in [1.165, 1.54) is 28.8 Å². The number of aliphatic hydroxyl groups excluding tert-OH is 1. The van der Waals surface area contributed by atoms with Gasteiger partial charge in [-0.3, -0.25) is 0 Å². The van der Waals surface area contributed by atoms with Crippen LogP contribution >= 0.6 is 0 Å². The van der Waals surface area contributed by atoms with Gasteiger partial charge in [-0.25, -0.2) is 4.39 Å². The van der Waals surface area contributed by atoms with Gasteiger partial charge in [0.2, 0.25) is 0 Å². The van der Waals surface area contributed by atoms with Gasteiger partial charge in [-0.1, -0.05) is 48.6 Å². The molecule has 1 N–H and O–H groups in total. The lowest BCUT2D eigenvalue weighted by Gasteiger charge is -2.07. The monoisotopic (exact) mass is 333 g/mol. The maximum absolute atomic E-state index is 13.3. The lowest BCUT2D eigenvalue weighted by molar-refractivity contribution is 0.171. The van der Waals surface area contributed by atoms with E-state index in [1.807, 2.05) is 36.4 Å². The molecule has 1 atom stereocenters. The zero-order valence-electron chi connectivity index (χ0n) is 14.0. The molecule has 3 rings (SSSR count). The predicted molar refractivity (Wildman–Crippen MR) is 97.2 cm³/mol. The number of nitriles is 1. The smallest absolute Gasteiger partial charge is 0.123 e. The summed E-state index contributed by atoms with van der Waals surface area (Å²) in [6.45, 7) is 0. The third-order valence-electron chi connectivity index (χ3n) is 4.43. The Balaban J connectivity index is 1.85. The van der Waals surface area contributed by atoms with E-state index in [-0.39, 0.29) is 12.2 Å². The average Bonchev–Trinajstić information content (AvgIpc) is 2.98. The first kappa shape index (κ1) is 17.1. The first-order valence-corrected chi connectivity index (χ1v) is 8.48. The van der Waals surface area contributed by atoms with Gasteiger partial charge in [-0.15, -0.1) is 0 Å². The average molecular weight is 333 g/mol. The molecule has 0 saturated heterocycles. The fraction of sp³-hybridized carbons (Fsp3) is 0.227. The topological polar surface area (TPSA) is 44.0 Å². The van der Waals surface area contributed by atoms with Crippen LogP contribution in [0.5, 0.6) is 0 Å². The number of halogens is 1. The Morgan fingerprint density at radius 2 is 1.92 bits per heavy atom. The highest BCUT2D eigenvalue weighted by Crippen LogP contribution is 2.38. The van der Waals surface area contributed by atoms with Crippen molar-refractivity contribution in [2.45, 2.75) is 31.8 Å². The Bertz CT molecular complexity index is 843. The van der Waals surface area contributed by atoms with Crippen LogP contribution in [0.2, 0.25) is 0 Å². The second-order valence-corrected chi connectivity index (χ2v) is 6.24. The quantitative estimate of drug-likeness (QED) is 0.825. The SMILES string of the molecule is N#CC[C@H](O)CC/C=C/C1=C(c2ccc(F)cc2)c2ccccc2C1. The fourth-order valence-electron chi connectivity index (χ4n) is 3.21. The van der Waals surface area contributed by atoms with Gasteiger partial charge < -0.3 is 5.11 Å². The van der Waals surface area contributed by atoms with Crippen molar-refractivity contribution in [3.8, 4) is 6.07 Å². The van der Waals surface area contributed by atoms with E-state index < -0.39 is 6.10 Å². The molecule has 3 heteroatoms. The summed E-state index contributed by atoms with van der Waals surface area (Å²) in [6.07, 6.45) is 5.89. The van der Waals surface area contributed by atoms with E-state index >= 15 is 0 Å². The second kappa shape index (κ2) is 7.92. The van der Waals surface area contributed by atoms with E-state index in [1.54, 1.807) is 0 Å². The molecule has 0 unspecified atom stereocenters. The van der Waals surface area contributed by atoms with E-state index in [9.17, 15) is 9.50 Å². The lowest BCUT2D eigenvalue weighted by atomic mass is 9.97. The Labute approximate surface area is 147 Å². The Morgan fingerprint density at radius 1 is 1.16 bits per heavy atom. The van der Waals surface area contributed by atoms with Crippen LogP contribution < -0.4 is 0 Å². The molecule has 0 saturated carbocycles. The molecule has 1 aliphatic carbocycles. The van der Waals surface area contributed by atoms with Crippen LogP contribution in [-0.4, -0.2) is 11.2 Å². The minimum absolute atomic E-state index is 0.169. The van der Waals surface area contributed by atoms with Gasteiger partial charge >= 0.3 is 0 Å². The number of benzene rings is 2. The molecule has 0 amide bonds. The van der Waals surface area contributed by atoms with Crippen molar-refractivity contribution in [3.63, 3.8) is 0 Å². The molecule has 25 heavy (non-hydrogen) atoms. The molecule has 0 radical (unpaired) electrons. The molecule has 0 spiro atoms. The van der Waals surface area contributed by atoms with Gasteiger partial charge in [-0.05, 0) is 59.2 Å². The Hall–Kier alpha value is -2.70. The number of allylic oxidation sites excluding steroid dienone is 3. The first-order valence-electron chi connectivity index (χ1n) is 8.48. The summed E-state index contributed by atoms with van der Waals surface area (Å²) in [7, 11) is 0. The van der Waals surface area contributed by atoms with Crippen LogP contribution in [0.1, 0.15) is 36.0 Å². The van der Waals surface area contributed by atoms with Crippen LogP contribution in [0.15, 0.2) is 66.3 Å². The fourth-order valence-corrected chi connectivity index (χ4v) is 3.21. The molecule has 0 aromatic heterocycles. The summed E-state index contributed by atoms with van der Waals surface area (Å²) in [4.78, 5) is 0. The zero-order chi connectivity index (χ0) is 17.6. The maximum atomic E-state index is 13.3. The highest BCUT2D eigenvalue weighted by atomic mass is 19.1. The highest BCUT2D eigenvalue weighted by molar-refractivity contribution is 5.88. The molecule has 2 nitrogen and oxygen atoms in total. The molecular weight excluding hydrogens is 313 g/mol. The van der Waals surface area contributed by atoms with Crippen LogP contribution in [0.3, 0.4) is 0 Å². The van der Waals surface area contributed by atoms with E-state index in [4.69, 9.17) is 5.26 Å². The Kier molecular flexibility index (Phi) is 5.42. The number of nitrogens with zero attached hydrogens (tertiary/aromatic N) is 1. The van der Waals surface area contributed by atoms with Crippen LogP contribution in [0.4, 0.5) is 4.39 Å². The number of fused-ring (bicyclic) bond motifs is 1. The van der Waals surface area contributed by atoms with Crippen molar-refractivity contribution >= 4 is 5.57 Å². The molecular formula is C22H20FNO.